The molecule has 104 valence electrons. The largest absolute Gasteiger partial charge is 0.493 e. The molecule has 0 saturated heterocycles. The average molecular weight is 274 g/mol. The smallest absolute Gasteiger partial charge is 0.272 e. The van der Waals surface area contributed by atoms with E-state index in [0.29, 0.717) is 17.2 Å². The van der Waals surface area contributed by atoms with Gasteiger partial charge in [0.15, 0.2) is 16.9 Å². The zero-order valence-electron chi connectivity index (χ0n) is 11.1. The second-order valence-corrected chi connectivity index (χ2v) is 3.96. The average Bonchev–Trinajstić information content (AvgIpc) is 2.47. The van der Waals surface area contributed by atoms with Gasteiger partial charge in [-0.1, -0.05) is 0 Å². The van der Waals surface area contributed by atoms with Gasteiger partial charge >= 0.3 is 0 Å². The number of aromatic amines is 1. The first-order chi connectivity index (χ1) is 9.63. The van der Waals surface area contributed by atoms with E-state index >= 15 is 0 Å². The number of methoxy groups -OCH3 is 2. The third-order valence-corrected chi connectivity index (χ3v) is 2.66. The van der Waals surface area contributed by atoms with Gasteiger partial charge in [0, 0.05) is 30.1 Å². The Kier molecular flexibility index (Phi) is 4.05. The molecule has 2 N–H and O–H groups in total. The Labute approximate surface area is 115 Å². The minimum Gasteiger partial charge on any atom is -0.493 e. The number of aromatic nitrogens is 1. The Morgan fingerprint density at radius 3 is 2.50 bits per heavy atom. The van der Waals surface area contributed by atoms with Gasteiger partial charge in [-0.3, -0.25) is 9.59 Å². The molecule has 2 aromatic rings. The van der Waals surface area contributed by atoms with Crippen LogP contribution in [0, 0.1) is 0 Å². The molecule has 0 saturated carbocycles. The summed E-state index contributed by atoms with van der Waals surface area (Å²) in [5.74, 6) is 0.667. The van der Waals surface area contributed by atoms with Crippen LogP contribution >= 0.6 is 0 Å². The van der Waals surface area contributed by atoms with Crippen molar-refractivity contribution in [2.24, 2.45) is 0 Å². The van der Waals surface area contributed by atoms with Crippen LogP contribution < -0.4 is 20.2 Å². The summed E-state index contributed by atoms with van der Waals surface area (Å²) in [6.07, 6.45) is 1.42. The number of carbonyl (C=O) groups is 1. The molecule has 0 aliphatic rings. The highest BCUT2D eigenvalue weighted by Crippen LogP contribution is 2.29. The van der Waals surface area contributed by atoms with Crippen LogP contribution in [0.5, 0.6) is 11.5 Å². The lowest BCUT2D eigenvalue weighted by molar-refractivity contribution is 0.102. The van der Waals surface area contributed by atoms with Gasteiger partial charge in [0.25, 0.3) is 5.91 Å². The summed E-state index contributed by atoms with van der Waals surface area (Å²) in [5, 5.41) is 2.67. The molecule has 1 amide bonds. The van der Waals surface area contributed by atoms with Crippen molar-refractivity contribution in [3.63, 3.8) is 0 Å². The Bertz CT molecular complexity index is 679. The molecule has 0 unspecified atom stereocenters. The van der Waals surface area contributed by atoms with Crippen molar-refractivity contribution in [3.8, 4) is 11.5 Å². The van der Waals surface area contributed by atoms with Gasteiger partial charge in [-0.2, -0.15) is 0 Å². The van der Waals surface area contributed by atoms with E-state index in [-0.39, 0.29) is 11.1 Å². The normalized spacial score (nSPS) is 9.90. The van der Waals surface area contributed by atoms with E-state index in [0.717, 1.165) is 0 Å². The molecule has 0 aliphatic carbocycles. The predicted octanol–water partition coefficient (Wildman–Crippen LogP) is 1.64. The van der Waals surface area contributed by atoms with Crippen molar-refractivity contribution >= 4 is 11.6 Å². The van der Waals surface area contributed by atoms with E-state index in [1.165, 1.54) is 32.5 Å². The molecule has 0 fully saturated rings. The standard InChI is InChI=1S/C14H14N2O4/c1-19-12-4-3-9(7-13(12)20-2)16-14(18)11-8-10(17)5-6-15-11/h3-8H,1-2H3,(H,15,17)(H,16,18). The van der Waals surface area contributed by atoms with Crippen molar-refractivity contribution in [1.29, 1.82) is 0 Å². The highest BCUT2D eigenvalue weighted by atomic mass is 16.5. The van der Waals surface area contributed by atoms with E-state index in [1.807, 2.05) is 0 Å². The van der Waals surface area contributed by atoms with Gasteiger partial charge in [-0.05, 0) is 12.1 Å². The highest BCUT2D eigenvalue weighted by Gasteiger charge is 2.09. The molecule has 6 nitrogen and oxygen atoms in total. The molecule has 0 radical (unpaired) electrons. The molecular weight excluding hydrogens is 260 g/mol. The lowest BCUT2D eigenvalue weighted by atomic mass is 10.2. The predicted molar refractivity (Wildman–Crippen MR) is 74.6 cm³/mol. The minimum absolute atomic E-state index is 0.187. The van der Waals surface area contributed by atoms with Gasteiger partial charge < -0.3 is 19.8 Å². The van der Waals surface area contributed by atoms with E-state index in [1.54, 1.807) is 18.2 Å². The van der Waals surface area contributed by atoms with Crippen LogP contribution in [-0.2, 0) is 0 Å². The zero-order chi connectivity index (χ0) is 14.5. The van der Waals surface area contributed by atoms with Crippen LogP contribution in [0.25, 0.3) is 0 Å². The molecule has 0 atom stereocenters. The summed E-state index contributed by atoms with van der Waals surface area (Å²) in [6.45, 7) is 0. The van der Waals surface area contributed by atoms with Crippen molar-refractivity contribution in [2.45, 2.75) is 0 Å². The van der Waals surface area contributed by atoms with Gasteiger partial charge in [0.2, 0.25) is 0 Å². The van der Waals surface area contributed by atoms with Gasteiger partial charge in [0.1, 0.15) is 5.69 Å². The fraction of sp³-hybridized carbons (Fsp3) is 0.143. The SMILES string of the molecule is COc1ccc(NC(=O)c2cc(=O)cc[nH]2)cc1OC. The molecule has 0 aliphatic heterocycles. The third kappa shape index (κ3) is 2.97. The maximum Gasteiger partial charge on any atom is 0.272 e. The number of hydrogen-bond acceptors (Lipinski definition) is 4. The number of pyridine rings is 1. The Balaban J connectivity index is 2.22. The quantitative estimate of drug-likeness (QED) is 0.888. The van der Waals surface area contributed by atoms with Crippen molar-refractivity contribution < 1.29 is 14.3 Å². The van der Waals surface area contributed by atoms with Gasteiger partial charge in [0.05, 0.1) is 14.2 Å². The fourth-order valence-electron chi connectivity index (χ4n) is 1.69. The van der Waals surface area contributed by atoms with Crippen LogP contribution in [0.15, 0.2) is 41.3 Å². The van der Waals surface area contributed by atoms with Crippen LogP contribution in [0.2, 0.25) is 0 Å². The fourth-order valence-corrected chi connectivity index (χ4v) is 1.69. The van der Waals surface area contributed by atoms with E-state index in [2.05, 4.69) is 10.3 Å². The molecule has 2 rings (SSSR count). The summed E-state index contributed by atoms with van der Waals surface area (Å²) in [5.41, 5.74) is 0.492. The number of benzene rings is 1. The van der Waals surface area contributed by atoms with E-state index in [4.69, 9.17) is 9.47 Å². The van der Waals surface area contributed by atoms with Crippen molar-refractivity contribution in [1.82, 2.24) is 4.98 Å². The van der Waals surface area contributed by atoms with Crippen molar-refractivity contribution in [3.05, 3.63) is 52.4 Å². The second kappa shape index (κ2) is 5.92. The van der Waals surface area contributed by atoms with Crippen molar-refractivity contribution in [2.75, 3.05) is 19.5 Å². The zero-order valence-corrected chi connectivity index (χ0v) is 11.1. The van der Waals surface area contributed by atoms with Gasteiger partial charge in [-0.25, -0.2) is 0 Å². The number of hydrogen-bond donors (Lipinski definition) is 2. The number of H-pyrrole nitrogens is 1. The highest BCUT2D eigenvalue weighted by molar-refractivity contribution is 6.02. The van der Waals surface area contributed by atoms with Crippen LogP contribution in [-0.4, -0.2) is 25.1 Å². The maximum absolute atomic E-state index is 12.0. The Morgan fingerprint density at radius 2 is 1.85 bits per heavy atom. The maximum atomic E-state index is 12.0. The summed E-state index contributed by atoms with van der Waals surface area (Å²) in [7, 11) is 3.04. The molecule has 6 heteroatoms. The molecular formula is C14H14N2O4. The molecule has 1 heterocycles. The number of anilines is 1. The monoisotopic (exact) mass is 274 g/mol. The lowest BCUT2D eigenvalue weighted by Gasteiger charge is -2.10. The second-order valence-electron chi connectivity index (χ2n) is 3.96. The molecule has 0 bridgehead atoms. The Hall–Kier alpha value is -2.76. The summed E-state index contributed by atoms with van der Waals surface area (Å²) in [4.78, 5) is 25.9. The number of ether oxygens (including phenoxy) is 2. The topological polar surface area (TPSA) is 80.4 Å². The third-order valence-electron chi connectivity index (χ3n) is 2.66. The summed E-state index contributed by atoms with van der Waals surface area (Å²) < 4.78 is 10.3. The number of rotatable bonds is 4. The number of amides is 1. The minimum atomic E-state index is -0.407. The first-order valence-corrected chi connectivity index (χ1v) is 5.86. The van der Waals surface area contributed by atoms with E-state index in [9.17, 15) is 9.59 Å². The van der Waals surface area contributed by atoms with Crippen LogP contribution in [0.4, 0.5) is 5.69 Å². The molecule has 20 heavy (non-hydrogen) atoms. The molecule has 0 spiro atoms. The lowest BCUT2D eigenvalue weighted by Crippen LogP contribution is -2.16. The first-order valence-electron chi connectivity index (χ1n) is 5.86. The summed E-state index contributed by atoms with van der Waals surface area (Å²) in [6, 6.07) is 7.57. The Morgan fingerprint density at radius 1 is 1.10 bits per heavy atom. The van der Waals surface area contributed by atoms with E-state index < -0.39 is 5.91 Å². The molecule has 1 aromatic heterocycles. The van der Waals surface area contributed by atoms with Gasteiger partial charge in [-0.15, -0.1) is 0 Å². The first kappa shape index (κ1) is 13.7. The summed E-state index contributed by atoms with van der Waals surface area (Å²) >= 11 is 0. The number of nitrogens with one attached hydrogen (secondary N) is 2. The van der Waals surface area contributed by atoms with Crippen LogP contribution in [0.1, 0.15) is 10.5 Å². The number of carbonyl (C=O) groups excluding carboxylic acids is 1. The molecule has 1 aromatic carbocycles. The van der Waals surface area contributed by atoms with Crippen LogP contribution in [0.3, 0.4) is 0 Å².